The highest BCUT2D eigenvalue weighted by atomic mass is 19.4. The van der Waals surface area contributed by atoms with Gasteiger partial charge >= 0.3 is 18.1 Å². The Hall–Kier alpha value is -1.80. The fourth-order valence-corrected chi connectivity index (χ4v) is 1.18. The molecular weight excluding hydrogens is 283 g/mol. The number of carbonyl (C=O) groups is 3. The van der Waals surface area contributed by atoms with E-state index in [0.717, 1.165) is 0 Å². The number of carboxylic acids is 1. The van der Waals surface area contributed by atoms with Crippen LogP contribution in [0.4, 0.5) is 13.2 Å². The third kappa shape index (κ3) is 9.17. The Morgan fingerprint density at radius 1 is 1.20 bits per heavy atom. The van der Waals surface area contributed by atoms with Gasteiger partial charge in [0.05, 0.1) is 6.42 Å². The van der Waals surface area contributed by atoms with Gasteiger partial charge in [0.15, 0.2) is 0 Å². The van der Waals surface area contributed by atoms with Crippen molar-refractivity contribution in [3.63, 3.8) is 0 Å². The van der Waals surface area contributed by atoms with Gasteiger partial charge in [0.25, 0.3) is 0 Å². The third-order valence-corrected chi connectivity index (χ3v) is 1.79. The molecule has 0 fully saturated rings. The predicted octanol–water partition coefficient (Wildman–Crippen LogP) is 1.24. The van der Waals surface area contributed by atoms with Gasteiger partial charge in [-0.25, -0.2) is 4.79 Å². The predicted molar refractivity (Wildman–Crippen MR) is 60.7 cm³/mol. The first-order valence-corrected chi connectivity index (χ1v) is 5.61. The van der Waals surface area contributed by atoms with E-state index in [1.807, 2.05) is 0 Å². The molecule has 6 nitrogen and oxygen atoms in total. The van der Waals surface area contributed by atoms with E-state index in [1.165, 1.54) is 0 Å². The molecule has 0 saturated heterocycles. The van der Waals surface area contributed by atoms with Crippen molar-refractivity contribution < 1.29 is 37.4 Å². The van der Waals surface area contributed by atoms with Crippen molar-refractivity contribution in [3.8, 4) is 0 Å². The highest BCUT2D eigenvalue weighted by Crippen LogP contribution is 2.19. The van der Waals surface area contributed by atoms with Crippen LogP contribution in [-0.2, 0) is 19.1 Å². The SMILES string of the molecule is CC(C)(C)OC(=O)C[C@H](NC(=O)CC(F)(F)F)C(=O)O. The van der Waals surface area contributed by atoms with Crippen LogP contribution in [0.3, 0.4) is 0 Å². The molecule has 0 aliphatic heterocycles. The Balaban J connectivity index is 4.56. The van der Waals surface area contributed by atoms with Crippen LogP contribution in [-0.4, -0.2) is 40.8 Å². The molecule has 0 rings (SSSR count). The van der Waals surface area contributed by atoms with E-state index in [9.17, 15) is 27.6 Å². The average Bonchev–Trinajstić information content (AvgIpc) is 2.09. The van der Waals surface area contributed by atoms with E-state index < -0.39 is 48.5 Å². The first kappa shape index (κ1) is 18.2. The number of ether oxygens (including phenoxy) is 1. The summed E-state index contributed by atoms with van der Waals surface area (Å²) in [6.45, 7) is 4.63. The minimum atomic E-state index is -4.75. The average molecular weight is 299 g/mol. The van der Waals surface area contributed by atoms with Gasteiger partial charge in [-0.15, -0.1) is 0 Å². The number of aliphatic carboxylic acids is 1. The van der Waals surface area contributed by atoms with Crippen molar-refractivity contribution in [1.82, 2.24) is 5.32 Å². The van der Waals surface area contributed by atoms with Gasteiger partial charge in [0.2, 0.25) is 5.91 Å². The van der Waals surface area contributed by atoms with Crippen LogP contribution in [0.25, 0.3) is 0 Å². The van der Waals surface area contributed by atoms with E-state index in [2.05, 4.69) is 0 Å². The maximum Gasteiger partial charge on any atom is 0.397 e. The van der Waals surface area contributed by atoms with Gasteiger partial charge in [-0.1, -0.05) is 0 Å². The van der Waals surface area contributed by atoms with Crippen molar-refractivity contribution in [2.24, 2.45) is 0 Å². The second-order valence-corrected chi connectivity index (χ2v) is 5.04. The lowest BCUT2D eigenvalue weighted by Crippen LogP contribution is -2.44. The Morgan fingerprint density at radius 3 is 2.05 bits per heavy atom. The minimum absolute atomic E-state index is 0.754. The van der Waals surface area contributed by atoms with Gasteiger partial charge < -0.3 is 15.2 Å². The van der Waals surface area contributed by atoms with Crippen molar-refractivity contribution in [3.05, 3.63) is 0 Å². The molecule has 0 aliphatic carbocycles. The number of carbonyl (C=O) groups excluding carboxylic acids is 2. The lowest BCUT2D eigenvalue weighted by atomic mass is 10.1. The zero-order valence-corrected chi connectivity index (χ0v) is 11.2. The smallest absolute Gasteiger partial charge is 0.397 e. The van der Waals surface area contributed by atoms with Gasteiger partial charge in [-0.05, 0) is 20.8 Å². The number of alkyl halides is 3. The van der Waals surface area contributed by atoms with E-state index >= 15 is 0 Å². The molecule has 0 unspecified atom stereocenters. The second kappa shape index (κ2) is 6.58. The molecule has 0 aliphatic rings. The summed E-state index contributed by atoms with van der Waals surface area (Å²) in [7, 11) is 0. The molecule has 0 aromatic rings. The summed E-state index contributed by atoms with van der Waals surface area (Å²) in [6.07, 6.45) is -7.32. The number of carboxylic acid groups (broad SMARTS) is 1. The molecule has 2 N–H and O–H groups in total. The summed E-state index contributed by atoms with van der Waals surface area (Å²) in [5, 5.41) is 10.4. The monoisotopic (exact) mass is 299 g/mol. The highest BCUT2D eigenvalue weighted by Gasteiger charge is 2.34. The fourth-order valence-electron chi connectivity index (χ4n) is 1.18. The molecule has 0 bridgehead atoms. The largest absolute Gasteiger partial charge is 0.480 e. The summed E-state index contributed by atoms with van der Waals surface area (Å²) in [5.74, 6) is -4.07. The van der Waals surface area contributed by atoms with Crippen molar-refractivity contribution in [2.45, 2.75) is 51.4 Å². The maximum atomic E-state index is 11.9. The number of halogens is 3. The first-order chi connectivity index (χ1) is 8.80. The van der Waals surface area contributed by atoms with Gasteiger partial charge in [-0.3, -0.25) is 9.59 Å². The van der Waals surface area contributed by atoms with Crippen molar-refractivity contribution in [2.75, 3.05) is 0 Å². The highest BCUT2D eigenvalue weighted by molar-refractivity contribution is 5.87. The van der Waals surface area contributed by atoms with Crippen LogP contribution in [0.15, 0.2) is 0 Å². The van der Waals surface area contributed by atoms with Crippen LogP contribution >= 0.6 is 0 Å². The van der Waals surface area contributed by atoms with E-state index in [1.54, 1.807) is 26.1 Å². The van der Waals surface area contributed by atoms with Crippen LogP contribution in [0.1, 0.15) is 33.6 Å². The van der Waals surface area contributed by atoms with Crippen LogP contribution in [0.2, 0.25) is 0 Å². The quantitative estimate of drug-likeness (QED) is 0.745. The zero-order valence-electron chi connectivity index (χ0n) is 11.2. The summed E-state index contributed by atoms with van der Waals surface area (Å²) in [4.78, 5) is 33.2. The number of esters is 1. The topological polar surface area (TPSA) is 92.7 Å². The summed E-state index contributed by atoms with van der Waals surface area (Å²) >= 11 is 0. The Kier molecular flexibility index (Phi) is 5.98. The maximum absolute atomic E-state index is 11.9. The van der Waals surface area contributed by atoms with Gasteiger partial charge in [-0.2, -0.15) is 13.2 Å². The van der Waals surface area contributed by atoms with Crippen LogP contribution in [0.5, 0.6) is 0 Å². The molecule has 0 spiro atoms. The molecule has 9 heteroatoms. The molecular formula is C11H16F3NO5. The molecule has 116 valence electrons. The van der Waals surface area contributed by atoms with Gasteiger partial charge in [0, 0.05) is 0 Å². The first-order valence-electron chi connectivity index (χ1n) is 5.61. The number of rotatable bonds is 5. The second-order valence-electron chi connectivity index (χ2n) is 5.04. The van der Waals surface area contributed by atoms with Crippen LogP contribution < -0.4 is 5.32 Å². The molecule has 0 aromatic heterocycles. The number of hydrogen-bond acceptors (Lipinski definition) is 4. The van der Waals surface area contributed by atoms with Crippen LogP contribution in [0, 0.1) is 0 Å². The van der Waals surface area contributed by atoms with Gasteiger partial charge in [0.1, 0.15) is 18.1 Å². The molecule has 1 atom stereocenters. The molecule has 0 saturated carbocycles. The standard InChI is InChI=1S/C11H16F3NO5/c1-10(2,3)20-8(17)4-6(9(18)19)15-7(16)5-11(12,13)14/h6H,4-5H2,1-3H3,(H,15,16)(H,18,19)/t6-/m0/s1. The molecule has 1 amide bonds. The lowest BCUT2D eigenvalue weighted by Gasteiger charge is -2.21. The van der Waals surface area contributed by atoms with E-state index in [-0.39, 0.29) is 0 Å². The third-order valence-electron chi connectivity index (χ3n) is 1.79. The molecule has 0 aromatic carbocycles. The normalized spacial score (nSPS) is 13.5. The summed E-state index contributed by atoms with van der Waals surface area (Å²) in [5.41, 5.74) is -0.865. The number of amides is 1. The van der Waals surface area contributed by atoms with Crippen molar-refractivity contribution in [1.29, 1.82) is 0 Å². The summed E-state index contributed by atoms with van der Waals surface area (Å²) < 4.78 is 40.7. The minimum Gasteiger partial charge on any atom is -0.480 e. The Bertz CT molecular complexity index is 357. The van der Waals surface area contributed by atoms with E-state index in [0.29, 0.717) is 0 Å². The van der Waals surface area contributed by atoms with Crippen molar-refractivity contribution >= 4 is 17.8 Å². The summed E-state index contributed by atoms with van der Waals surface area (Å²) in [6, 6.07) is -1.76. The Labute approximate surface area is 113 Å². The zero-order chi connectivity index (χ0) is 16.1. The number of nitrogens with one attached hydrogen (secondary N) is 1. The molecule has 20 heavy (non-hydrogen) atoms. The molecule has 0 heterocycles. The number of hydrogen-bond donors (Lipinski definition) is 2. The Morgan fingerprint density at radius 2 is 1.70 bits per heavy atom. The van der Waals surface area contributed by atoms with E-state index in [4.69, 9.17) is 9.84 Å². The fraction of sp³-hybridized carbons (Fsp3) is 0.727. The molecule has 0 radical (unpaired) electrons. The lowest BCUT2D eigenvalue weighted by molar-refractivity contribution is -0.160.